The fraction of sp³-hybridized carbons (Fsp3) is 0.176. The molecule has 0 atom stereocenters. The number of nitrogens with one attached hydrogen (secondary N) is 1. The zero-order valence-corrected chi connectivity index (χ0v) is 13.9. The van der Waals surface area contributed by atoms with Crippen molar-refractivity contribution < 1.29 is 14.3 Å². The molecule has 0 amide bonds. The lowest BCUT2D eigenvalue weighted by atomic mass is 9.99. The van der Waals surface area contributed by atoms with Crippen molar-refractivity contribution in [2.75, 3.05) is 19.5 Å². The number of carbonyl (C=O) groups is 2. The van der Waals surface area contributed by atoms with E-state index in [1.54, 1.807) is 25.2 Å². The van der Waals surface area contributed by atoms with E-state index in [1.807, 2.05) is 24.3 Å². The quantitative estimate of drug-likeness (QED) is 0.651. The molecule has 0 aromatic heterocycles. The zero-order valence-electron chi connectivity index (χ0n) is 12.4. The number of benzene rings is 2. The first-order valence-corrected chi connectivity index (χ1v) is 7.52. The smallest absolute Gasteiger partial charge is 0.337 e. The molecule has 4 nitrogen and oxygen atoms in total. The molecule has 0 saturated heterocycles. The summed E-state index contributed by atoms with van der Waals surface area (Å²) in [6.45, 7) is 0. The Morgan fingerprint density at radius 2 is 1.82 bits per heavy atom. The first-order chi connectivity index (χ1) is 10.5. The van der Waals surface area contributed by atoms with E-state index < -0.39 is 5.97 Å². The predicted octanol–water partition coefficient (Wildman–Crippen LogP) is 3.70. The first kappa shape index (κ1) is 16.2. The minimum absolute atomic E-state index is 0.0579. The van der Waals surface area contributed by atoms with Crippen LogP contribution < -0.4 is 5.32 Å². The number of anilines is 1. The molecule has 0 fully saturated rings. The standard InChI is InChI=1S/C17H16BrNO3/c1-19-15-8-5-12(17(21)22-2)10-14(15)16(20)9-11-3-6-13(18)7-4-11/h3-8,10,19H,9H2,1-2H3. The Hall–Kier alpha value is -2.14. The maximum absolute atomic E-state index is 12.5. The van der Waals surface area contributed by atoms with Gasteiger partial charge in [0, 0.05) is 29.2 Å². The topological polar surface area (TPSA) is 55.4 Å². The fourth-order valence-electron chi connectivity index (χ4n) is 2.12. The zero-order chi connectivity index (χ0) is 16.1. The number of methoxy groups -OCH3 is 1. The summed E-state index contributed by atoms with van der Waals surface area (Å²) in [4.78, 5) is 24.2. The van der Waals surface area contributed by atoms with Crippen molar-refractivity contribution in [1.82, 2.24) is 0 Å². The summed E-state index contributed by atoms with van der Waals surface area (Å²) in [5.74, 6) is -0.516. The molecule has 5 heteroatoms. The summed E-state index contributed by atoms with van der Waals surface area (Å²) >= 11 is 3.37. The van der Waals surface area contributed by atoms with E-state index in [-0.39, 0.29) is 12.2 Å². The summed E-state index contributed by atoms with van der Waals surface area (Å²) < 4.78 is 5.67. The van der Waals surface area contributed by atoms with Crippen LogP contribution in [0.3, 0.4) is 0 Å². The molecule has 2 aromatic rings. The number of hydrogen-bond acceptors (Lipinski definition) is 4. The van der Waals surface area contributed by atoms with Gasteiger partial charge in [0.1, 0.15) is 0 Å². The lowest BCUT2D eigenvalue weighted by molar-refractivity contribution is 0.0601. The second-order valence-corrected chi connectivity index (χ2v) is 5.64. The second kappa shape index (κ2) is 7.22. The Kier molecular flexibility index (Phi) is 5.33. The number of hydrogen-bond donors (Lipinski definition) is 1. The van der Waals surface area contributed by atoms with Crippen molar-refractivity contribution in [3.05, 3.63) is 63.6 Å². The van der Waals surface area contributed by atoms with Crippen molar-refractivity contribution in [1.29, 1.82) is 0 Å². The van der Waals surface area contributed by atoms with Crippen LogP contribution in [0, 0.1) is 0 Å². The molecule has 2 aromatic carbocycles. The van der Waals surface area contributed by atoms with Crippen LogP contribution in [0.4, 0.5) is 5.69 Å². The maximum atomic E-state index is 12.5. The van der Waals surface area contributed by atoms with Gasteiger partial charge in [-0.15, -0.1) is 0 Å². The van der Waals surface area contributed by atoms with Crippen molar-refractivity contribution in [2.45, 2.75) is 6.42 Å². The van der Waals surface area contributed by atoms with Gasteiger partial charge in [0.05, 0.1) is 12.7 Å². The van der Waals surface area contributed by atoms with Crippen molar-refractivity contribution in [3.63, 3.8) is 0 Å². The number of halogens is 1. The Balaban J connectivity index is 2.30. The van der Waals surface area contributed by atoms with Gasteiger partial charge >= 0.3 is 5.97 Å². The van der Waals surface area contributed by atoms with Crippen molar-refractivity contribution in [2.24, 2.45) is 0 Å². The van der Waals surface area contributed by atoms with Gasteiger partial charge in [-0.3, -0.25) is 4.79 Å². The third-order valence-electron chi connectivity index (χ3n) is 3.29. The molecule has 0 bridgehead atoms. The van der Waals surface area contributed by atoms with Gasteiger partial charge in [-0.1, -0.05) is 28.1 Å². The van der Waals surface area contributed by atoms with E-state index in [0.29, 0.717) is 16.8 Å². The second-order valence-electron chi connectivity index (χ2n) is 4.73. The van der Waals surface area contributed by atoms with Gasteiger partial charge in [-0.2, -0.15) is 0 Å². The molecule has 114 valence electrons. The summed E-state index contributed by atoms with van der Waals surface area (Å²) in [6.07, 6.45) is 0.270. The molecular weight excluding hydrogens is 346 g/mol. The SMILES string of the molecule is CNc1ccc(C(=O)OC)cc1C(=O)Cc1ccc(Br)cc1. The number of esters is 1. The van der Waals surface area contributed by atoms with Crippen LogP contribution in [-0.4, -0.2) is 25.9 Å². The van der Waals surface area contributed by atoms with Crippen LogP contribution in [-0.2, 0) is 11.2 Å². The van der Waals surface area contributed by atoms with Crippen LogP contribution in [0.1, 0.15) is 26.3 Å². The monoisotopic (exact) mass is 361 g/mol. The Labute approximate surface area is 137 Å². The normalized spacial score (nSPS) is 10.1. The van der Waals surface area contributed by atoms with Crippen LogP contribution >= 0.6 is 15.9 Å². The largest absolute Gasteiger partial charge is 0.465 e. The number of rotatable bonds is 5. The molecule has 0 aliphatic rings. The third-order valence-corrected chi connectivity index (χ3v) is 3.82. The lowest BCUT2D eigenvalue weighted by Crippen LogP contribution is -2.10. The lowest BCUT2D eigenvalue weighted by Gasteiger charge is -2.10. The van der Waals surface area contributed by atoms with Crippen LogP contribution in [0.15, 0.2) is 46.9 Å². The molecular formula is C17H16BrNO3. The average molecular weight is 362 g/mol. The maximum Gasteiger partial charge on any atom is 0.337 e. The summed E-state index contributed by atoms with van der Waals surface area (Å²) in [5, 5.41) is 2.98. The van der Waals surface area contributed by atoms with Gasteiger partial charge in [0.15, 0.2) is 5.78 Å². The Morgan fingerprint density at radius 3 is 2.41 bits per heavy atom. The molecule has 0 aliphatic carbocycles. The number of ketones is 1. The van der Waals surface area contributed by atoms with Crippen LogP contribution in [0.25, 0.3) is 0 Å². The minimum atomic E-state index is -0.458. The van der Waals surface area contributed by atoms with Crippen LogP contribution in [0.5, 0.6) is 0 Å². The molecule has 0 unspecified atom stereocenters. The van der Waals surface area contributed by atoms with Gasteiger partial charge < -0.3 is 10.1 Å². The van der Waals surface area contributed by atoms with E-state index >= 15 is 0 Å². The Bertz CT molecular complexity index is 696. The number of ether oxygens (including phenoxy) is 1. The Morgan fingerprint density at radius 1 is 1.14 bits per heavy atom. The molecule has 0 heterocycles. The average Bonchev–Trinajstić information content (AvgIpc) is 2.55. The summed E-state index contributed by atoms with van der Waals surface area (Å²) in [6, 6.07) is 12.5. The summed E-state index contributed by atoms with van der Waals surface area (Å²) in [5.41, 5.74) is 2.45. The summed E-state index contributed by atoms with van der Waals surface area (Å²) in [7, 11) is 3.06. The first-order valence-electron chi connectivity index (χ1n) is 6.73. The molecule has 2 rings (SSSR count). The molecule has 0 spiro atoms. The van der Waals surface area contributed by atoms with E-state index in [9.17, 15) is 9.59 Å². The minimum Gasteiger partial charge on any atom is -0.465 e. The molecule has 0 aliphatic heterocycles. The highest BCUT2D eigenvalue weighted by molar-refractivity contribution is 9.10. The van der Waals surface area contributed by atoms with Crippen molar-refractivity contribution >= 4 is 33.4 Å². The highest BCUT2D eigenvalue weighted by atomic mass is 79.9. The van der Waals surface area contributed by atoms with E-state index in [1.165, 1.54) is 7.11 Å². The highest BCUT2D eigenvalue weighted by Crippen LogP contribution is 2.21. The van der Waals surface area contributed by atoms with E-state index in [2.05, 4.69) is 21.2 Å². The molecule has 1 N–H and O–H groups in total. The highest BCUT2D eigenvalue weighted by Gasteiger charge is 2.15. The number of carbonyl (C=O) groups excluding carboxylic acids is 2. The van der Waals surface area contributed by atoms with Crippen molar-refractivity contribution in [3.8, 4) is 0 Å². The van der Waals surface area contributed by atoms with Gasteiger partial charge in [0.25, 0.3) is 0 Å². The fourth-order valence-corrected chi connectivity index (χ4v) is 2.38. The molecule has 0 saturated carbocycles. The van der Waals surface area contributed by atoms with Gasteiger partial charge in [0.2, 0.25) is 0 Å². The van der Waals surface area contributed by atoms with Gasteiger partial charge in [-0.25, -0.2) is 4.79 Å². The molecule has 0 radical (unpaired) electrons. The molecule has 22 heavy (non-hydrogen) atoms. The third kappa shape index (κ3) is 3.74. The number of Topliss-reactive ketones (excluding diaryl/α,β-unsaturated/α-hetero) is 1. The van der Waals surface area contributed by atoms with Gasteiger partial charge in [-0.05, 0) is 35.9 Å². The predicted molar refractivity (Wildman–Crippen MR) is 89.5 cm³/mol. The van der Waals surface area contributed by atoms with E-state index in [0.717, 1.165) is 10.0 Å². The van der Waals surface area contributed by atoms with Crippen LogP contribution in [0.2, 0.25) is 0 Å². The van der Waals surface area contributed by atoms with E-state index in [4.69, 9.17) is 4.74 Å².